The number of rotatable bonds is 12. The van der Waals surface area contributed by atoms with Crippen molar-refractivity contribution in [3.8, 4) is 0 Å². The first kappa shape index (κ1) is 16.7. The van der Waals surface area contributed by atoms with E-state index in [1.165, 1.54) is 57.8 Å². The van der Waals surface area contributed by atoms with Gasteiger partial charge in [-0.15, -0.1) is 0 Å². The summed E-state index contributed by atoms with van der Waals surface area (Å²) in [7, 11) is 0. The fourth-order valence-electron chi connectivity index (χ4n) is 1.82. The van der Waals surface area contributed by atoms with Crippen LogP contribution in [0.3, 0.4) is 0 Å². The zero-order valence-electron chi connectivity index (χ0n) is 12.3. The maximum Gasteiger partial charge on any atom is 0.0217 e. The predicted octanol–water partition coefficient (Wildman–Crippen LogP) is 5.09. The van der Waals surface area contributed by atoms with Gasteiger partial charge in [0.25, 0.3) is 0 Å². The van der Waals surface area contributed by atoms with Crippen molar-refractivity contribution in [2.24, 2.45) is 0 Å². The topological polar surface area (TPSA) is 14.1 Å². The molecule has 0 aliphatic rings. The predicted molar refractivity (Wildman–Crippen MR) is 78.5 cm³/mol. The van der Waals surface area contributed by atoms with Crippen molar-refractivity contribution in [3.63, 3.8) is 0 Å². The Labute approximate surface area is 109 Å². The Morgan fingerprint density at radius 3 is 2.18 bits per heavy atom. The van der Waals surface area contributed by atoms with E-state index in [1.54, 1.807) is 0 Å². The lowest BCUT2D eigenvalue weighted by Crippen LogP contribution is -2.19. The summed E-state index contributed by atoms with van der Waals surface area (Å²) in [6, 6.07) is 0.575. The van der Waals surface area contributed by atoms with Gasteiger partial charge in [-0.3, -0.25) is 0 Å². The summed E-state index contributed by atoms with van der Waals surface area (Å²) in [5, 5.41) is 4.65. The van der Waals surface area contributed by atoms with Gasteiger partial charge in [0.05, 0.1) is 0 Å². The van der Waals surface area contributed by atoms with E-state index in [-0.39, 0.29) is 0 Å². The van der Waals surface area contributed by atoms with Crippen LogP contribution in [0.4, 0.5) is 0 Å². The summed E-state index contributed by atoms with van der Waals surface area (Å²) < 4.78 is 0. The third kappa shape index (κ3) is 13.6. The Hall–Kier alpha value is -0.300. The molecule has 0 saturated carbocycles. The Morgan fingerprint density at radius 2 is 1.53 bits per heavy atom. The molecular formula is C16H32N. The summed E-state index contributed by atoms with van der Waals surface area (Å²) in [4.78, 5) is 0. The first-order chi connectivity index (χ1) is 8.31. The second-order valence-electron chi connectivity index (χ2n) is 5.01. The van der Waals surface area contributed by atoms with Crippen molar-refractivity contribution in [1.82, 2.24) is 5.32 Å². The molecule has 0 aromatic heterocycles. The minimum Gasteiger partial charge on any atom is -0.239 e. The number of allylic oxidation sites excluding steroid dienone is 2. The standard InChI is InChI=1S/C16H32N/c1-4-6-8-9-10-11-12-13-14-16(3)17-15-7-5-2/h9-10,16H,4-8,11-15H2,1-3H3. The molecule has 0 saturated heterocycles. The van der Waals surface area contributed by atoms with Crippen LogP contribution in [-0.2, 0) is 0 Å². The van der Waals surface area contributed by atoms with Gasteiger partial charge in [0.1, 0.15) is 0 Å². The maximum absolute atomic E-state index is 4.65. The van der Waals surface area contributed by atoms with Crippen LogP contribution in [0.15, 0.2) is 12.2 Å². The lowest BCUT2D eigenvalue weighted by molar-refractivity contribution is 0.474. The molecule has 0 aromatic carbocycles. The van der Waals surface area contributed by atoms with Crippen LogP contribution in [0.25, 0.3) is 0 Å². The fourth-order valence-corrected chi connectivity index (χ4v) is 1.82. The molecule has 0 heterocycles. The summed E-state index contributed by atoms with van der Waals surface area (Å²) in [5.74, 6) is 0. The number of nitrogens with zero attached hydrogens (tertiary/aromatic N) is 1. The molecule has 0 amide bonds. The van der Waals surface area contributed by atoms with Crippen molar-refractivity contribution >= 4 is 0 Å². The first-order valence-corrected chi connectivity index (χ1v) is 7.62. The van der Waals surface area contributed by atoms with Crippen molar-refractivity contribution in [2.75, 3.05) is 6.54 Å². The van der Waals surface area contributed by atoms with E-state index in [4.69, 9.17) is 0 Å². The van der Waals surface area contributed by atoms with E-state index in [1.807, 2.05) is 0 Å². The van der Waals surface area contributed by atoms with E-state index < -0.39 is 0 Å². The molecule has 0 aromatic rings. The maximum atomic E-state index is 4.65. The molecule has 0 bridgehead atoms. The molecule has 0 aliphatic heterocycles. The smallest absolute Gasteiger partial charge is 0.0217 e. The van der Waals surface area contributed by atoms with Gasteiger partial charge in [-0.25, -0.2) is 5.32 Å². The zero-order valence-corrected chi connectivity index (χ0v) is 12.3. The second-order valence-corrected chi connectivity index (χ2v) is 5.01. The third-order valence-corrected chi connectivity index (χ3v) is 3.09. The van der Waals surface area contributed by atoms with Crippen LogP contribution in [0, 0.1) is 0 Å². The largest absolute Gasteiger partial charge is 0.239 e. The molecule has 1 nitrogen and oxygen atoms in total. The third-order valence-electron chi connectivity index (χ3n) is 3.09. The molecule has 1 atom stereocenters. The highest BCUT2D eigenvalue weighted by atomic mass is 14.9. The Morgan fingerprint density at radius 1 is 0.882 bits per heavy atom. The van der Waals surface area contributed by atoms with Crippen molar-refractivity contribution in [2.45, 2.75) is 84.6 Å². The lowest BCUT2D eigenvalue weighted by Gasteiger charge is -2.10. The highest BCUT2D eigenvalue weighted by Crippen LogP contribution is 2.06. The Balaban J connectivity index is 3.18. The Kier molecular flexibility index (Phi) is 13.5. The number of hydrogen-bond donors (Lipinski definition) is 0. The van der Waals surface area contributed by atoms with Gasteiger partial charge >= 0.3 is 0 Å². The van der Waals surface area contributed by atoms with Crippen molar-refractivity contribution < 1.29 is 0 Å². The van der Waals surface area contributed by atoms with Crippen LogP contribution in [0.5, 0.6) is 0 Å². The molecule has 1 radical (unpaired) electrons. The average molecular weight is 238 g/mol. The van der Waals surface area contributed by atoms with Gasteiger partial charge in [0.15, 0.2) is 0 Å². The normalized spacial score (nSPS) is 13.4. The summed E-state index contributed by atoms with van der Waals surface area (Å²) in [5.41, 5.74) is 0. The SMILES string of the molecule is CCCCC=CCCCCC(C)[N]CCCC. The summed E-state index contributed by atoms with van der Waals surface area (Å²) in [6.45, 7) is 7.80. The van der Waals surface area contributed by atoms with Gasteiger partial charge in [0.2, 0.25) is 0 Å². The Bertz CT molecular complexity index is 163. The monoisotopic (exact) mass is 238 g/mol. The first-order valence-electron chi connectivity index (χ1n) is 7.62. The van der Waals surface area contributed by atoms with Gasteiger partial charge in [-0.2, -0.15) is 0 Å². The fraction of sp³-hybridized carbons (Fsp3) is 0.875. The van der Waals surface area contributed by atoms with Gasteiger partial charge in [0, 0.05) is 12.6 Å². The van der Waals surface area contributed by atoms with Crippen LogP contribution in [0.1, 0.15) is 78.6 Å². The van der Waals surface area contributed by atoms with Crippen LogP contribution < -0.4 is 5.32 Å². The second kappa shape index (κ2) is 13.8. The quantitative estimate of drug-likeness (QED) is 0.332. The molecular weight excluding hydrogens is 206 g/mol. The summed E-state index contributed by atoms with van der Waals surface area (Å²) in [6.07, 6.45) is 16.3. The molecule has 0 N–H and O–H groups in total. The lowest BCUT2D eigenvalue weighted by atomic mass is 10.1. The van der Waals surface area contributed by atoms with E-state index in [0.29, 0.717) is 6.04 Å². The number of hydrogen-bond acceptors (Lipinski definition) is 0. The highest BCUT2D eigenvalue weighted by Gasteiger charge is 2.00. The zero-order chi connectivity index (χ0) is 12.8. The average Bonchev–Trinajstić information content (AvgIpc) is 2.33. The van der Waals surface area contributed by atoms with E-state index in [2.05, 4.69) is 38.2 Å². The highest BCUT2D eigenvalue weighted by molar-refractivity contribution is 4.81. The van der Waals surface area contributed by atoms with Crippen LogP contribution >= 0.6 is 0 Å². The molecule has 101 valence electrons. The van der Waals surface area contributed by atoms with Crippen LogP contribution in [-0.4, -0.2) is 12.6 Å². The number of unbranched alkanes of at least 4 members (excludes halogenated alkanes) is 5. The molecule has 0 aliphatic carbocycles. The van der Waals surface area contributed by atoms with Gasteiger partial charge < -0.3 is 0 Å². The molecule has 1 heteroatoms. The van der Waals surface area contributed by atoms with Gasteiger partial charge in [-0.1, -0.05) is 51.7 Å². The van der Waals surface area contributed by atoms with Crippen LogP contribution in [0.2, 0.25) is 0 Å². The minimum absolute atomic E-state index is 0.575. The molecule has 0 spiro atoms. The summed E-state index contributed by atoms with van der Waals surface area (Å²) >= 11 is 0. The molecule has 0 rings (SSSR count). The van der Waals surface area contributed by atoms with E-state index in [0.717, 1.165) is 6.54 Å². The van der Waals surface area contributed by atoms with E-state index in [9.17, 15) is 0 Å². The van der Waals surface area contributed by atoms with Crippen molar-refractivity contribution in [1.29, 1.82) is 0 Å². The molecule has 1 unspecified atom stereocenters. The van der Waals surface area contributed by atoms with Crippen molar-refractivity contribution in [3.05, 3.63) is 12.2 Å². The van der Waals surface area contributed by atoms with Gasteiger partial charge in [-0.05, 0) is 39.0 Å². The van der Waals surface area contributed by atoms with E-state index >= 15 is 0 Å². The molecule has 17 heavy (non-hydrogen) atoms. The molecule has 0 fully saturated rings. The minimum atomic E-state index is 0.575.